The zero-order valence-electron chi connectivity index (χ0n) is 13.2. The summed E-state index contributed by atoms with van der Waals surface area (Å²) in [6.45, 7) is 0.846. The molecule has 8 heteroatoms. The third-order valence-corrected chi connectivity index (χ3v) is 3.89. The highest BCUT2D eigenvalue weighted by Gasteiger charge is 2.24. The van der Waals surface area contributed by atoms with E-state index in [4.69, 9.17) is 20.8 Å². The summed E-state index contributed by atoms with van der Waals surface area (Å²) in [4.78, 5) is 37.1. The van der Waals surface area contributed by atoms with Crippen LogP contribution in [0.2, 0.25) is 5.02 Å². The van der Waals surface area contributed by atoms with E-state index in [-0.39, 0.29) is 30.6 Å². The molecule has 0 unspecified atom stereocenters. The molecule has 0 aliphatic carbocycles. The zero-order valence-corrected chi connectivity index (χ0v) is 13.9. The largest absolute Gasteiger partial charge is 0.482 e. The molecule has 1 saturated heterocycles. The number of hydrogen-bond acceptors (Lipinski definition) is 5. The maximum Gasteiger partial charge on any atom is 0.290 e. The first-order chi connectivity index (χ1) is 12.0. The van der Waals surface area contributed by atoms with Crippen LogP contribution in [0.25, 0.3) is 0 Å². The Balaban J connectivity index is 1.68. The summed E-state index contributed by atoms with van der Waals surface area (Å²) in [6.07, 6.45) is 1.11. The summed E-state index contributed by atoms with van der Waals surface area (Å²) in [6, 6.07) is 8.08. The van der Waals surface area contributed by atoms with Crippen molar-refractivity contribution in [3.05, 3.63) is 63.2 Å². The maximum absolute atomic E-state index is 12.3. The van der Waals surface area contributed by atoms with Crippen LogP contribution in [0, 0.1) is 0 Å². The van der Waals surface area contributed by atoms with Gasteiger partial charge >= 0.3 is 0 Å². The first-order valence-electron chi connectivity index (χ1n) is 7.59. The minimum absolute atomic E-state index is 0.00267. The van der Waals surface area contributed by atoms with E-state index in [0.29, 0.717) is 18.1 Å². The summed E-state index contributed by atoms with van der Waals surface area (Å²) >= 11 is 5.81. The molecule has 1 aliphatic rings. The first-order valence-corrected chi connectivity index (χ1v) is 7.97. The Kier molecular flexibility index (Phi) is 5.04. The molecule has 1 aromatic carbocycles. The molecular formula is C17H15ClN2O5. The van der Waals surface area contributed by atoms with E-state index < -0.39 is 11.3 Å². The van der Waals surface area contributed by atoms with Gasteiger partial charge in [-0.2, -0.15) is 0 Å². The monoisotopic (exact) mass is 362 g/mol. The Morgan fingerprint density at radius 2 is 2.04 bits per heavy atom. The molecule has 0 spiro atoms. The van der Waals surface area contributed by atoms with Gasteiger partial charge in [-0.1, -0.05) is 23.7 Å². The van der Waals surface area contributed by atoms with Gasteiger partial charge in [0.05, 0.1) is 0 Å². The Morgan fingerprint density at radius 1 is 1.28 bits per heavy atom. The van der Waals surface area contributed by atoms with Crippen LogP contribution in [0.1, 0.15) is 16.1 Å². The van der Waals surface area contributed by atoms with Crippen LogP contribution in [-0.2, 0) is 11.4 Å². The van der Waals surface area contributed by atoms with E-state index in [9.17, 15) is 14.4 Å². The second-order valence-electron chi connectivity index (χ2n) is 5.46. The van der Waals surface area contributed by atoms with Gasteiger partial charge in [0.1, 0.15) is 19.4 Å². The number of carbonyl (C=O) groups is 2. The summed E-state index contributed by atoms with van der Waals surface area (Å²) < 4.78 is 10.6. The van der Waals surface area contributed by atoms with Gasteiger partial charge in [0.15, 0.2) is 5.76 Å². The number of benzene rings is 1. The van der Waals surface area contributed by atoms with Gasteiger partial charge in [0, 0.05) is 24.2 Å². The van der Waals surface area contributed by atoms with Gasteiger partial charge < -0.3 is 19.4 Å². The molecule has 1 fully saturated rings. The van der Waals surface area contributed by atoms with Crippen molar-refractivity contribution >= 4 is 23.4 Å². The second-order valence-corrected chi connectivity index (χ2v) is 5.90. The van der Waals surface area contributed by atoms with Crippen molar-refractivity contribution in [1.29, 1.82) is 0 Å². The average Bonchev–Trinajstić information content (AvgIpc) is 2.61. The molecule has 0 saturated carbocycles. The number of nitrogens with one attached hydrogen (secondary N) is 1. The van der Waals surface area contributed by atoms with Crippen molar-refractivity contribution in [2.24, 2.45) is 0 Å². The number of halogens is 1. The fourth-order valence-corrected chi connectivity index (χ4v) is 2.45. The van der Waals surface area contributed by atoms with Crippen molar-refractivity contribution in [2.75, 3.05) is 19.6 Å². The number of rotatable bonds is 4. The molecule has 130 valence electrons. The van der Waals surface area contributed by atoms with E-state index >= 15 is 0 Å². The van der Waals surface area contributed by atoms with Crippen molar-refractivity contribution < 1.29 is 18.7 Å². The van der Waals surface area contributed by atoms with Crippen LogP contribution in [0.5, 0.6) is 5.75 Å². The third kappa shape index (κ3) is 4.19. The molecule has 2 heterocycles. The molecule has 0 bridgehead atoms. The lowest BCUT2D eigenvalue weighted by Crippen LogP contribution is -2.50. The number of carbonyl (C=O) groups excluding carboxylic acids is 2. The van der Waals surface area contributed by atoms with Crippen molar-refractivity contribution in [3.63, 3.8) is 0 Å². The van der Waals surface area contributed by atoms with Gasteiger partial charge in [0.25, 0.3) is 5.91 Å². The normalized spacial score (nSPS) is 14.1. The van der Waals surface area contributed by atoms with E-state index in [1.165, 1.54) is 4.90 Å². The van der Waals surface area contributed by atoms with Gasteiger partial charge in [-0.15, -0.1) is 0 Å². The SMILES string of the molecule is O=C1CN(C(=O)c2cc(=O)c(OCc3ccc(Cl)cc3)co2)CCN1. The topological polar surface area (TPSA) is 88.9 Å². The fourth-order valence-electron chi connectivity index (χ4n) is 2.33. The minimum atomic E-state index is -0.504. The molecule has 0 atom stereocenters. The quantitative estimate of drug-likeness (QED) is 0.889. The highest BCUT2D eigenvalue weighted by Crippen LogP contribution is 2.13. The van der Waals surface area contributed by atoms with E-state index in [1.54, 1.807) is 24.3 Å². The lowest BCUT2D eigenvalue weighted by Gasteiger charge is -2.25. The number of amides is 2. The van der Waals surface area contributed by atoms with Crippen molar-refractivity contribution in [3.8, 4) is 5.75 Å². The summed E-state index contributed by atoms with van der Waals surface area (Å²) in [7, 11) is 0. The number of ether oxygens (including phenoxy) is 1. The fraction of sp³-hybridized carbons (Fsp3) is 0.235. The average molecular weight is 363 g/mol. The number of hydrogen-bond donors (Lipinski definition) is 1. The Labute approximate surface area is 148 Å². The maximum atomic E-state index is 12.3. The highest BCUT2D eigenvalue weighted by atomic mass is 35.5. The molecule has 3 rings (SSSR count). The van der Waals surface area contributed by atoms with Crippen LogP contribution >= 0.6 is 11.6 Å². The van der Waals surface area contributed by atoms with Crippen LogP contribution in [0.4, 0.5) is 0 Å². The van der Waals surface area contributed by atoms with E-state index in [1.807, 2.05) is 0 Å². The Hall–Kier alpha value is -2.80. The molecule has 1 aliphatic heterocycles. The summed E-state index contributed by atoms with van der Waals surface area (Å²) in [5.74, 6) is -0.873. The molecule has 0 radical (unpaired) electrons. The lowest BCUT2D eigenvalue weighted by molar-refractivity contribution is -0.123. The number of piperazine rings is 1. The highest BCUT2D eigenvalue weighted by molar-refractivity contribution is 6.30. The first kappa shape index (κ1) is 17.0. The second kappa shape index (κ2) is 7.40. The standard InChI is InChI=1S/C17H15ClN2O5/c18-12-3-1-11(2-4-12)9-24-15-10-25-14(7-13(15)21)17(23)20-6-5-19-16(22)8-20/h1-4,7,10H,5-6,8-9H2,(H,19,22). The Morgan fingerprint density at radius 3 is 2.72 bits per heavy atom. The predicted molar refractivity (Wildman–Crippen MR) is 89.7 cm³/mol. The van der Waals surface area contributed by atoms with Crippen LogP contribution in [-0.4, -0.2) is 36.3 Å². The third-order valence-electron chi connectivity index (χ3n) is 3.64. The molecule has 2 amide bonds. The summed E-state index contributed by atoms with van der Waals surface area (Å²) in [5.41, 5.74) is 0.369. The van der Waals surface area contributed by atoms with E-state index in [0.717, 1.165) is 17.9 Å². The zero-order chi connectivity index (χ0) is 17.8. The number of nitrogens with zero attached hydrogens (tertiary/aromatic N) is 1. The predicted octanol–water partition coefficient (Wildman–Crippen LogP) is 1.44. The minimum Gasteiger partial charge on any atom is -0.482 e. The molecule has 2 aromatic rings. The van der Waals surface area contributed by atoms with Gasteiger partial charge in [-0.25, -0.2) is 0 Å². The van der Waals surface area contributed by atoms with Gasteiger partial charge in [0.2, 0.25) is 17.1 Å². The smallest absolute Gasteiger partial charge is 0.290 e. The molecule has 1 N–H and O–H groups in total. The molecule has 7 nitrogen and oxygen atoms in total. The molecule has 25 heavy (non-hydrogen) atoms. The van der Waals surface area contributed by atoms with Gasteiger partial charge in [-0.05, 0) is 17.7 Å². The molecular weight excluding hydrogens is 348 g/mol. The van der Waals surface area contributed by atoms with Crippen molar-refractivity contribution in [1.82, 2.24) is 10.2 Å². The van der Waals surface area contributed by atoms with Crippen LogP contribution < -0.4 is 15.5 Å². The Bertz CT molecular complexity index is 847. The molecule has 1 aromatic heterocycles. The summed E-state index contributed by atoms with van der Waals surface area (Å²) in [5, 5.41) is 3.23. The van der Waals surface area contributed by atoms with E-state index in [2.05, 4.69) is 5.32 Å². The van der Waals surface area contributed by atoms with Crippen LogP contribution in [0.15, 0.2) is 45.8 Å². The van der Waals surface area contributed by atoms with Gasteiger partial charge in [-0.3, -0.25) is 14.4 Å². The van der Waals surface area contributed by atoms with Crippen molar-refractivity contribution in [2.45, 2.75) is 6.61 Å². The lowest BCUT2D eigenvalue weighted by atomic mass is 10.2. The van der Waals surface area contributed by atoms with Crippen LogP contribution in [0.3, 0.4) is 0 Å².